The van der Waals surface area contributed by atoms with Gasteiger partial charge in [0.05, 0.1) is 19.9 Å². The molecule has 27 heavy (non-hydrogen) atoms. The van der Waals surface area contributed by atoms with E-state index in [0.717, 1.165) is 55.5 Å². The molecule has 1 aromatic heterocycles. The predicted octanol–water partition coefficient (Wildman–Crippen LogP) is 2.38. The van der Waals surface area contributed by atoms with Crippen LogP contribution in [-0.4, -0.2) is 61.1 Å². The number of aryl methyl sites for hydroxylation is 1. The van der Waals surface area contributed by atoms with Crippen molar-refractivity contribution in [3.8, 4) is 11.5 Å². The molecule has 0 radical (unpaired) electrons. The van der Waals surface area contributed by atoms with E-state index in [2.05, 4.69) is 9.88 Å². The Kier molecular flexibility index (Phi) is 6.65. The number of carbonyl (C=O) groups is 1. The highest BCUT2D eigenvalue weighted by molar-refractivity contribution is 5.76. The average molecular weight is 369 g/mol. The minimum Gasteiger partial charge on any atom is -0.497 e. The normalized spacial score (nSPS) is 14.8. The van der Waals surface area contributed by atoms with Crippen molar-refractivity contribution < 1.29 is 14.3 Å². The molecule has 6 nitrogen and oxygen atoms in total. The van der Waals surface area contributed by atoms with Gasteiger partial charge in [-0.1, -0.05) is 6.07 Å². The first-order chi connectivity index (χ1) is 13.2. The zero-order valence-electron chi connectivity index (χ0n) is 16.1. The van der Waals surface area contributed by atoms with Crippen molar-refractivity contribution in [2.75, 3.05) is 40.4 Å². The highest BCUT2D eigenvalue weighted by atomic mass is 16.5. The molecule has 2 heterocycles. The number of hydrogen-bond acceptors (Lipinski definition) is 5. The molecule has 1 aliphatic heterocycles. The van der Waals surface area contributed by atoms with Crippen molar-refractivity contribution in [1.82, 2.24) is 14.8 Å². The summed E-state index contributed by atoms with van der Waals surface area (Å²) >= 11 is 0. The summed E-state index contributed by atoms with van der Waals surface area (Å²) in [6.45, 7) is 4.13. The van der Waals surface area contributed by atoms with E-state index >= 15 is 0 Å². The topological polar surface area (TPSA) is 54.9 Å². The fraction of sp³-hybridized carbons (Fsp3) is 0.429. The molecule has 144 valence electrons. The van der Waals surface area contributed by atoms with Gasteiger partial charge in [0.25, 0.3) is 0 Å². The number of pyridine rings is 1. The fourth-order valence-electron chi connectivity index (χ4n) is 3.35. The van der Waals surface area contributed by atoms with E-state index in [1.807, 2.05) is 47.5 Å². The Balaban J connectivity index is 1.48. The lowest BCUT2D eigenvalue weighted by Crippen LogP contribution is -2.48. The third-order valence-corrected chi connectivity index (χ3v) is 4.93. The third kappa shape index (κ3) is 5.20. The molecule has 2 aromatic rings. The Labute approximate surface area is 160 Å². The van der Waals surface area contributed by atoms with Gasteiger partial charge in [-0.3, -0.25) is 14.7 Å². The van der Waals surface area contributed by atoms with E-state index in [4.69, 9.17) is 9.47 Å². The summed E-state index contributed by atoms with van der Waals surface area (Å²) in [6.07, 6.45) is 2.94. The molecule has 0 saturated carbocycles. The smallest absolute Gasteiger partial charge is 0.222 e. The molecule has 1 aromatic carbocycles. The van der Waals surface area contributed by atoms with E-state index in [1.54, 1.807) is 14.2 Å². The van der Waals surface area contributed by atoms with Crippen molar-refractivity contribution in [3.63, 3.8) is 0 Å². The Morgan fingerprint density at radius 1 is 1.07 bits per heavy atom. The number of rotatable bonds is 7. The van der Waals surface area contributed by atoms with Gasteiger partial charge in [0.1, 0.15) is 11.5 Å². The molecule has 1 aliphatic rings. The zero-order valence-corrected chi connectivity index (χ0v) is 16.1. The van der Waals surface area contributed by atoms with Gasteiger partial charge in [0.15, 0.2) is 0 Å². The lowest BCUT2D eigenvalue weighted by Gasteiger charge is -2.34. The monoisotopic (exact) mass is 369 g/mol. The van der Waals surface area contributed by atoms with Crippen LogP contribution in [-0.2, 0) is 17.8 Å². The standard InChI is InChI=1S/C21H27N3O3/c1-26-19-7-8-20(27-2)17(15-19)6-9-21(25)24-13-11-23(12-14-24)16-18-5-3-4-10-22-18/h3-5,7-8,10,15H,6,9,11-14,16H2,1-2H3. The summed E-state index contributed by atoms with van der Waals surface area (Å²) in [5, 5.41) is 0. The van der Waals surface area contributed by atoms with Crippen LogP contribution in [0.4, 0.5) is 0 Å². The number of nitrogens with zero attached hydrogens (tertiary/aromatic N) is 3. The molecular formula is C21H27N3O3. The van der Waals surface area contributed by atoms with Crippen molar-refractivity contribution in [3.05, 3.63) is 53.9 Å². The number of carbonyl (C=O) groups excluding carboxylic acids is 1. The predicted molar refractivity (Wildman–Crippen MR) is 104 cm³/mol. The first kappa shape index (κ1) is 19.2. The zero-order chi connectivity index (χ0) is 19.1. The number of hydrogen-bond donors (Lipinski definition) is 0. The second-order valence-corrected chi connectivity index (χ2v) is 6.66. The van der Waals surface area contributed by atoms with Gasteiger partial charge in [-0.15, -0.1) is 0 Å². The van der Waals surface area contributed by atoms with Crippen LogP contribution in [0.25, 0.3) is 0 Å². The van der Waals surface area contributed by atoms with E-state index in [-0.39, 0.29) is 5.91 Å². The SMILES string of the molecule is COc1ccc(OC)c(CCC(=O)N2CCN(Cc3ccccn3)CC2)c1. The largest absolute Gasteiger partial charge is 0.497 e. The summed E-state index contributed by atoms with van der Waals surface area (Å²) in [5.74, 6) is 1.77. The average Bonchev–Trinajstić information content (AvgIpc) is 2.73. The maximum Gasteiger partial charge on any atom is 0.222 e. The molecule has 0 atom stereocenters. The van der Waals surface area contributed by atoms with E-state index in [1.165, 1.54) is 0 Å². The highest BCUT2D eigenvalue weighted by Gasteiger charge is 2.21. The van der Waals surface area contributed by atoms with Crippen LogP contribution in [0.15, 0.2) is 42.6 Å². The Morgan fingerprint density at radius 3 is 2.56 bits per heavy atom. The third-order valence-electron chi connectivity index (χ3n) is 4.93. The van der Waals surface area contributed by atoms with Gasteiger partial charge in [-0.25, -0.2) is 0 Å². The van der Waals surface area contributed by atoms with Gasteiger partial charge in [-0.2, -0.15) is 0 Å². The minimum absolute atomic E-state index is 0.192. The van der Waals surface area contributed by atoms with Gasteiger partial charge in [-0.05, 0) is 42.3 Å². The molecule has 1 saturated heterocycles. The quantitative estimate of drug-likeness (QED) is 0.750. The lowest BCUT2D eigenvalue weighted by molar-refractivity contribution is -0.133. The van der Waals surface area contributed by atoms with Crippen molar-refractivity contribution >= 4 is 5.91 Å². The van der Waals surface area contributed by atoms with Crippen molar-refractivity contribution in [1.29, 1.82) is 0 Å². The number of piperazine rings is 1. The summed E-state index contributed by atoms with van der Waals surface area (Å²) in [5.41, 5.74) is 2.07. The van der Waals surface area contributed by atoms with Crippen LogP contribution < -0.4 is 9.47 Å². The van der Waals surface area contributed by atoms with Crippen LogP contribution in [0.5, 0.6) is 11.5 Å². The summed E-state index contributed by atoms with van der Waals surface area (Å²) in [7, 11) is 3.29. The highest BCUT2D eigenvalue weighted by Crippen LogP contribution is 2.25. The molecule has 3 rings (SSSR count). The second kappa shape index (κ2) is 9.37. The second-order valence-electron chi connectivity index (χ2n) is 6.66. The number of aromatic nitrogens is 1. The van der Waals surface area contributed by atoms with Gasteiger partial charge in [0, 0.05) is 45.3 Å². The van der Waals surface area contributed by atoms with E-state index in [9.17, 15) is 4.79 Å². The Bertz CT molecular complexity index is 744. The van der Waals surface area contributed by atoms with Crippen molar-refractivity contribution in [2.45, 2.75) is 19.4 Å². The summed E-state index contributed by atoms with van der Waals surface area (Å²) < 4.78 is 10.7. The Morgan fingerprint density at radius 2 is 1.89 bits per heavy atom. The number of amides is 1. The molecule has 0 bridgehead atoms. The number of methoxy groups -OCH3 is 2. The molecule has 0 unspecified atom stereocenters. The summed E-state index contributed by atoms with van der Waals surface area (Å²) in [6, 6.07) is 11.7. The van der Waals surface area contributed by atoms with Crippen LogP contribution in [0, 0.1) is 0 Å². The van der Waals surface area contributed by atoms with Gasteiger partial charge in [0.2, 0.25) is 5.91 Å². The fourth-order valence-corrected chi connectivity index (χ4v) is 3.35. The first-order valence-corrected chi connectivity index (χ1v) is 9.30. The molecule has 0 spiro atoms. The van der Waals surface area contributed by atoms with Gasteiger partial charge < -0.3 is 14.4 Å². The number of ether oxygens (including phenoxy) is 2. The maximum atomic E-state index is 12.6. The van der Waals surface area contributed by atoms with Crippen LogP contribution in [0.3, 0.4) is 0 Å². The summed E-state index contributed by atoms with van der Waals surface area (Å²) in [4.78, 5) is 21.3. The lowest BCUT2D eigenvalue weighted by atomic mass is 10.1. The minimum atomic E-state index is 0.192. The number of benzene rings is 1. The van der Waals surface area contributed by atoms with E-state index < -0.39 is 0 Å². The molecule has 1 fully saturated rings. The molecule has 1 amide bonds. The maximum absolute atomic E-state index is 12.6. The first-order valence-electron chi connectivity index (χ1n) is 9.30. The molecule has 6 heteroatoms. The molecule has 0 aliphatic carbocycles. The van der Waals surface area contributed by atoms with Gasteiger partial charge >= 0.3 is 0 Å². The Hall–Kier alpha value is -2.60. The van der Waals surface area contributed by atoms with Crippen molar-refractivity contribution in [2.24, 2.45) is 0 Å². The van der Waals surface area contributed by atoms with E-state index in [0.29, 0.717) is 12.8 Å². The molecule has 0 N–H and O–H groups in total. The van der Waals surface area contributed by atoms with Crippen LogP contribution in [0.1, 0.15) is 17.7 Å². The van der Waals surface area contributed by atoms with Crippen LogP contribution >= 0.6 is 0 Å². The van der Waals surface area contributed by atoms with Crippen LogP contribution in [0.2, 0.25) is 0 Å². The molecular weight excluding hydrogens is 342 g/mol.